The molecule has 3 unspecified atom stereocenters. The van der Waals surface area contributed by atoms with Crippen molar-refractivity contribution in [1.82, 2.24) is 0 Å². The minimum atomic E-state index is 0.00434. The molecule has 1 aliphatic carbocycles. The smallest absolute Gasteiger partial charge is 0.166 e. The van der Waals surface area contributed by atoms with Gasteiger partial charge < -0.3 is 0 Å². The molecule has 1 saturated carbocycles. The van der Waals surface area contributed by atoms with Crippen molar-refractivity contribution >= 4 is 5.78 Å². The highest BCUT2D eigenvalue weighted by molar-refractivity contribution is 5.99. The molecule has 0 aromatic heterocycles. The maximum atomic E-state index is 12.4. The molecule has 2 radical (unpaired) electrons. The van der Waals surface area contributed by atoms with Gasteiger partial charge in [0.2, 0.25) is 0 Å². The van der Waals surface area contributed by atoms with Crippen LogP contribution in [0.5, 0.6) is 0 Å². The van der Waals surface area contributed by atoms with Crippen molar-refractivity contribution < 1.29 is 4.79 Å². The molecular formula is C16H17NO. The maximum absolute atomic E-state index is 12.4. The van der Waals surface area contributed by atoms with Crippen molar-refractivity contribution in [1.29, 1.82) is 5.26 Å². The van der Waals surface area contributed by atoms with Crippen LogP contribution in [0.2, 0.25) is 0 Å². The van der Waals surface area contributed by atoms with Gasteiger partial charge in [0, 0.05) is 11.5 Å². The van der Waals surface area contributed by atoms with Gasteiger partial charge in [0.15, 0.2) is 5.78 Å². The molecule has 2 nitrogen and oxygen atoms in total. The van der Waals surface area contributed by atoms with E-state index < -0.39 is 0 Å². The SMILES string of the molecule is [CH2]CC1C[CH]C(C(=O)c2ccc(C#N)cc2)C1C. The summed E-state index contributed by atoms with van der Waals surface area (Å²) < 4.78 is 0. The van der Waals surface area contributed by atoms with Crippen LogP contribution in [0.15, 0.2) is 24.3 Å². The second kappa shape index (κ2) is 5.35. The molecule has 1 fully saturated rings. The summed E-state index contributed by atoms with van der Waals surface area (Å²) in [5.41, 5.74) is 1.29. The van der Waals surface area contributed by atoms with Gasteiger partial charge in [-0.2, -0.15) is 5.26 Å². The fourth-order valence-electron chi connectivity index (χ4n) is 2.67. The molecule has 2 heteroatoms. The van der Waals surface area contributed by atoms with E-state index in [2.05, 4.69) is 26.3 Å². The van der Waals surface area contributed by atoms with E-state index in [4.69, 9.17) is 5.26 Å². The Kier molecular flexibility index (Phi) is 3.81. The lowest BCUT2D eigenvalue weighted by Crippen LogP contribution is -2.20. The van der Waals surface area contributed by atoms with Gasteiger partial charge >= 0.3 is 0 Å². The zero-order valence-corrected chi connectivity index (χ0v) is 10.6. The second-order valence-corrected chi connectivity index (χ2v) is 4.96. The van der Waals surface area contributed by atoms with E-state index in [0.717, 1.165) is 12.8 Å². The summed E-state index contributed by atoms with van der Waals surface area (Å²) in [7, 11) is 0. The minimum Gasteiger partial charge on any atom is -0.294 e. The summed E-state index contributed by atoms with van der Waals surface area (Å²) in [6, 6.07) is 8.96. The number of Topliss-reactive ketones (excluding diaryl/α,β-unsaturated/α-hetero) is 1. The molecule has 18 heavy (non-hydrogen) atoms. The summed E-state index contributed by atoms with van der Waals surface area (Å²) in [6.07, 6.45) is 3.99. The van der Waals surface area contributed by atoms with Crippen LogP contribution in [0.25, 0.3) is 0 Å². The third-order valence-corrected chi connectivity index (χ3v) is 3.97. The van der Waals surface area contributed by atoms with Crippen molar-refractivity contribution in [3.63, 3.8) is 0 Å². The third kappa shape index (κ3) is 2.31. The van der Waals surface area contributed by atoms with Crippen molar-refractivity contribution in [3.8, 4) is 6.07 Å². The predicted molar refractivity (Wildman–Crippen MR) is 70.5 cm³/mol. The van der Waals surface area contributed by atoms with Crippen LogP contribution in [0.3, 0.4) is 0 Å². The van der Waals surface area contributed by atoms with Crippen LogP contribution in [0, 0.1) is 42.4 Å². The maximum Gasteiger partial charge on any atom is 0.166 e. The van der Waals surface area contributed by atoms with E-state index in [-0.39, 0.29) is 11.7 Å². The summed E-state index contributed by atoms with van der Waals surface area (Å²) >= 11 is 0. The van der Waals surface area contributed by atoms with E-state index in [0.29, 0.717) is 23.0 Å². The molecule has 1 aromatic rings. The van der Waals surface area contributed by atoms with Gasteiger partial charge in [-0.05, 0) is 36.8 Å². The van der Waals surface area contributed by atoms with E-state index in [1.807, 2.05) is 0 Å². The molecule has 0 bridgehead atoms. The molecule has 0 saturated heterocycles. The van der Waals surface area contributed by atoms with Gasteiger partial charge in [-0.1, -0.05) is 32.4 Å². The van der Waals surface area contributed by atoms with Crippen molar-refractivity contribution in [2.24, 2.45) is 17.8 Å². The normalized spacial score (nSPS) is 26.8. The number of carbonyl (C=O) groups is 1. The highest BCUT2D eigenvalue weighted by atomic mass is 16.1. The van der Waals surface area contributed by atoms with Crippen LogP contribution in [0.4, 0.5) is 0 Å². The minimum absolute atomic E-state index is 0.00434. The number of benzene rings is 1. The van der Waals surface area contributed by atoms with Gasteiger partial charge in [0.05, 0.1) is 11.6 Å². The van der Waals surface area contributed by atoms with Gasteiger partial charge in [-0.3, -0.25) is 4.79 Å². The van der Waals surface area contributed by atoms with Crippen LogP contribution in [-0.4, -0.2) is 5.78 Å². The van der Waals surface area contributed by atoms with Crippen molar-refractivity contribution in [2.75, 3.05) is 0 Å². The lowest BCUT2D eigenvalue weighted by molar-refractivity contribution is 0.0907. The van der Waals surface area contributed by atoms with Gasteiger partial charge in [-0.25, -0.2) is 0 Å². The summed E-state index contributed by atoms with van der Waals surface area (Å²) in [5.74, 6) is 1.07. The Morgan fingerprint density at radius 2 is 2.11 bits per heavy atom. The molecule has 0 heterocycles. The highest BCUT2D eigenvalue weighted by Crippen LogP contribution is 2.39. The fraction of sp³-hybridized carbons (Fsp3) is 0.375. The molecule has 3 atom stereocenters. The summed E-state index contributed by atoms with van der Waals surface area (Å²) in [4.78, 5) is 12.4. The molecule has 92 valence electrons. The molecule has 0 amide bonds. The zero-order valence-electron chi connectivity index (χ0n) is 10.6. The Balaban J connectivity index is 2.14. The van der Waals surface area contributed by atoms with Crippen LogP contribution in [0.1, 0.15) is 35.7 Å². The zero-order chi connectivity index (χ0) is 13.1. The Morgan fingerprint density at radius 1 is 1.44 bits per heavy atom. The molecule has 2 rings (SSSR count). The quantitative estimate of drug-likeness (QED) is 0.758. The average Bonchev–Trinajstić information content (AvgIpc) is 2.79. The molecule has 0 aliphatic heterocycles. The molecule has 0 spiro atoms. The van der Waals surface area contributed by atoms with Crippen LogP contribution < -0.4 is 0 Å². The third-order valence-electron chi connectivity index (χ3n) is 3.97. The van der Waals surface area contributed by atoms with Gasteiger partial charge in [0.25, 0.3) is 0 Å². The standard InChI is InChI=1S/C16H17NO/c1-3-13-8-9-15(11(13)2)16(18)14-6-4-12(10-17)5-7-14/h4-7,9,11,13,15H,1,3,8H2,2H3. The molecular weight excluding hydrogens is 222 g/mol. The molecule has 1 aliphatic rings. The van der Waals surface area contributed by atoms with E-state index in [1.165, 1.54) is 0 Å². The van der Waals surface area contributed by atoms with Gasteiger partial charge in [-0.15, -0.1) is 0 Å². The number of nitrogens with zero attached hydrogens (tertiary/aromatic N) is 1. The first-order valence-electron chi connectivity index (χ1n) is 6.34. The summed E-state index contributed by atoms with van der Waals surface area (Å²) in [5, 5.41) is 8.74. The largest absolute Gasteiger partial charge is 0.294 e. The average molecular weight is 239 g/mol. The number of carbonyl (C=O) groups excluding carboxylic acids is 1. The van der Waals surface area contributed by atoms with Crippen LogP contribution >= 0.6 is 0 Å². The number of hydrogen-bond donors (Lipinski definition) is 0. The Hall–Kier alpha value is -1.62. The number of hydrogen-bond acceptors (Lipinski definition) is 2. The van der Waals surface area contributed by atoms with Gasteiger partial charge in [0.1, 0.15) is 0 Å². The van der Waals surface area contributed by atoms with E-state index in [9.17, 15) is 4.79 Å². The highest BCUT2D eigenvalue weighted by Gasteiger charge is 2.36. The number of ketones is 1. The topological polar surface area (TPSA) is 40.9 Å². The first-order chi connectivity index (χ1) is 8.67. The predicted octanol–water partition coefficient (Wildman–Crippen LogP) is 3.44. The fourth-order valence-corrected chi connectivity index (χ4v) is 2.67. The molecule has 0 N–H and O–H groups in total. The monoisotopic (exact) mass is 239 g/mol. The van der Waals surface area contributed by atoms with Crippen molar-refractivity contribution in [3.05, 3.63) is 48.7 Å². The summed E-state index contributed by atoms with van der Waals surface area (Å²) in [6.45, 7) is 6.07. The number of rotatable bonds is 3. The Morgan fingerprint density at radius 3 is 2.61 bits per heavy atom. The lowest BCUT2D eigenvalue weighted by atomic mass is 9.85. The lowest BCUT2D eigenvalue weighted by Gasteiger charge is -2.18. The van der Waals surface area contributed by atoms with E-state index in [1.54, 1.807) is 24.3 Å². The first-order valence-corrected chi connectivity index (χ1v) is 6.34. The Bertz CT molecular complexity index is 469. The van der Waals surface area contributed by atoms with Crippen molar-refractivity contribution in [2.45, 2.75) is 19.8 Å². The molecule has 1 aromatic carbocycles. The Labute approximate surface area is 109 Å². The van der Waals surface area contributed by atoms with Crippen LogP contribution in [-0.2, 0) is 0 Å². The van der Waals surface area contributed by atoms with E-state index >= 15 is 0 Å². The first kappa shape index (κ1) is 12.8. The second-order valence-electron chi connectivity index (χ2n) is 4.96. The number of nitriles is 1.